The molecule has 9 heteroatoms. The average Bonchev–Trinajstić information content (AvgIpc) is 3.07. The molecule has 0 saturated carbocycles. The molecule has 0 spiro atoms. The fourth-order valence-corrected chi connectivity index (χ4v) is 3.43. The summed E-state index contributed by atoms with van der Waals surface area (Å²) in [5, 5.41) is 11.9. The van der Waals surface area contributed by atoms with E-state index in [9.17, 15) is 18.4 Å². The van der Waals surface area contributed by atoms with Gasteiger partial charge in [0.1, 0.15) is 16.6 Å². The van der Waals surface area contributed by atoms with Crippen LogP contribution < -0.4 is 10.9 Å². The summed E-state index contributed by atoms with van der Waals surface area (Å²) in [6.45, 7) is 1.75. The van der Waals surface area contributed by atoms with Gasteiger partial charge in [0, 0.05) is 23.0 Å². The summed E-state index contributed by atoms with van der Waals surface area (Å²) in [5.74, 6) is -2.20. The van der Waals surface area contributed by atoms with Crippen molar-refractivity contribution in [3.63, 3.8) is 0 Å². The Kier molecular flexibility index (Phi) is 4.44. The van der Waals surface area contributed by atoms with Gasteiger partial charge in [-0.3, -0.25) is 19.5 Å². The first-order chi connectivity index (χ1) is 13.4. The van der Waals surface area contributed by atoms with E-state index in [1.807, 2.05) is 0 Å². The molecule has 1 amide bonds. The highest BCUT2D eigenvalue weighted by molar-refractivity contribution is 7.15. The van der Waals surface area contributed by atoms with Gasteiger partial charge >= 0.3 is 0 Å². The molecular formula is C19H12F2N4O2S. The molecule has 140 valence electrons. The van der Waals surface area contributed by atoms with Gasteiger partial charge in [0.15, 0.2) is 0 Å². The maximum Gasteiger partial charge on any atom is 0.263 e. The number of carbonyl (C=O) groups excluding carboxylic acids is 1. The number of hydrogen-bond acceptors (Lipinski definition) is 5. The van der Waals surface area contributed by atoms with Crippen LogP contribution in [0.3, 0.4) is 0 Å². The smallest absolute Gasteiger partial charge is 0.263 e. The lowest BCUT2D eigenvalue weighted by molar-refractivity contribution is 0.102. The molecule has 6 nitrogen and oxygen atoms in total. The van der Waals surface area contributed by atoms with Gasteiger partial charge in [-0.25, -0.2) is 8.78 Å². The standard InChI is InChI=1S/C19H12F2N4O2S/c1-10-23-24-19(28-10)22-17(26)14-9-25(16-7-6-11(20)8-15(16)21)18(27)13-5-3-2-4-12(13)14/h2-9H,1H3,(H,22,24,26). The van der Waals surface area contributed by atoms with Crippen LogP contribution in [0.5, 0.6) is 0 Å². The molecule has 4 rings (SSSR count). The average molecular weight is 398 g/mol. The lowest BCUT2D eigenvalue weighted by Crippen LogP contribution is -2.23. The number of nitrogens with zero attached hydrogens (tertiary/aromatic N) is 3. The van der Waals surface area contributed by atoms with Crippen LogP contribution >= 0.6 is 11.3 Å². The lowest BCUT2D eigenvalue weighted by atomic mass is 10.1. The molecule has 0 unspecified atom stereocenters. The summed E-state index contributed by atoms with van der Waals surface area (Å²) >= 11 is 1.20. The van der Waals surface area contributed by atoms with Crippen molar-refractivity contribution in [2.75, 3.05) is 5.32 Å². The Bertz CT molecular complexity index is 1280. The number of amides is 1. The van der Waals surface area contributed by atoms with Crippen molar-refractivity contribution in [1.29, 1.82) is 0 Å². The summed E-state index contributed by atoms with van der Waals surface area (Å²) in [5.41, 5.74) is -0.533. The predicted octanol–water partition coefficient (Wildman–Crippen LogP) is 3.68. The molecule has 2 aromatic heterocycles. The minimum Gasteiger partial charge on any atom is -0.296 e. The molecule has 2 aromatic carbocycles. The van der Waals surface area contributed by atoms with E-state index in [2.05, 4.69) is 15.5 Å². The highest BCUT2D eigenvalue weighted by Gasteiger charge is 2.18. The zero-order chi connectivity index (χ0) is 19.8. The largest absolute Gasteiger partial charge is 0.296 e. The van der Waals surface area contributed by atoms with Gasteiger partial charge < -0.3 is 0 Å². The third-order valence-corrected chi connectivity index (χ3v) is 4.84. The number of anilines is 1. The quantitative estimate of drug-likeness (QED) is 0.571. The van der Waals surface area contributed by atoms with E-state index >= 15 is 0 Å². The Morgan fingerprint density at radius 3 is 2.54 bits per heavy atom. The molecule has 0 radical (unpaired) electrons. The lowest BCUT2D eigenvalue weighted by Gasteiger charge is -2.12. The Hall–Kier alpha value is -3.46. The number of halogens is 2. The first-order valence-electron chi connectivity index (χ1n) is 8.15. The second kappa shape index (κ2) is 6.93. The molecule has 0 aliphatic rings. The maximum atomic E-state index is 14.3. The Morgan fingerprint density at radius 2 is 1.86 bits per heavy atom. The molecule has 0 bridgehead atoms. The summed E-state index contributed by atoms with van der Waals surface area (Å²) in [6.07, 6.45) is 1.24. The summed E-state index contributed by atoms with van der Waals surface area (Å²) in [6, 6.07) is 9.38. The summed E-state index contributed by atoms with van der Waals surface area (Å²) in [4.78, 5) is 25.7. The minimum atomic E-state index is -0.913. The number of nitrogens with one attached hydrogen (secondary N) is 1. The SMILES string of the molecule is Cc1nnc(NC(=O)c2cn(-c3ccc(F)cc3F)c(=O)c3ccccc23)s1. The highest BCUT2D eigenvalue weighted by Crippen LogP contribution is 2.22. The van der Waals surface area contributed by atoms with Gasteiger partial charge in [-0.2, -0.15) is 0 Å². The van der Waals surface area contributed by atoms with Crippen molar-refractivity contribution < 1.29 is 13.6 Å². The van der Waals surface area contributed by atoms with Crippen molar-refractivity contribution in [1.82, 2.24) is 14.8 Å². The third-order valence-electron chi connectivity index (χ3n) is 4.09. The zero-order valence-electron chi connectivity index (χ0n) is 14.4. The van der Waals surface area contributed by atoms with Crippen molar-refractivity contribution in [2.45, 2.75) is 6.92 Å². The van der Waals surface area contributed by atoms with Crippen LogP contribution in [0.1, 0.15) is 15.4 Å². The Morgan fingerprint density at radius 1 is 1.11 bits per heavy atom. The molecule has 1 N–H and O–H groups in total. The Balaban J connectivity index is 1.91. The van der Waals surface area contributed by atoms with Gasteiger partial charge in [-0.05, 0) is 25.1 Å². The number of benzene rings is 2. The van der Waals surface area contributed by atoms with Crippen LogP contribution in [-0.2, 0) is 0 Å². The fourth-order valence-electron chi connectivity index (χ4n) is 2.84. The number of hydrogen-bond donors (Lipinski definition) is 1. The van der Waals surface area contributed by atoms with E-state index in [0.717, 1.165) is 16.7 Å². The zero-order valence-corrected chi connectivity index (χ0v) is 15.3. The van der Waals surface area contributed by atoms with Crippen molar-refractivity contribution in [2.24, 2.45) is 0 Å². The van der Waals surface area contributed by atoms with Crippen LogP contribution in [-0.4, -0.2) is 20.7 Å². The maximum absolute atomic E-state index is 14.3. The first kappa shape index (κ1) is 17.9. The number of fused-ring (bicyclic) bond motifs is 1. The van der Waals surface area contributed by atoms with Gasteiger partial charge in [-0.1, -0.05) is 29.5 Å². The van der Waals surface area contributed by atoms with Crippen LogP contribution in [0.15, 0.2) is 53.5 Å². The number of pyridine rings is 1. The fraction of sp³-hybridized carbons (Fsp3) is 0.0526. The predicted molar refractivity (Wildman–Crippen MR) is 102 cm³/mol. The van der Waals surface area contributed by atoms with E-state index in [4.69, 9.17) is 0 Å². The van der Waals surface area contributed by atoms with Gasteiger partial charge in [0.25, 0.3) is 11.5 Å². The third kappa shape index (κ3) is 3.16. The van der Waals surface area contributed by atoms with Crippen LogP contribution in [0.2, 0.25) is 0 Å². The number of aryl methyl sites for hydroxylation is 1. The molecule has 0 aliphatic carbocycles. The van der Waals surface area contributed by atoms with Crippen LogP contribution in [0, 0.1) is 18.6 Å². The Labute approximate surface area is 161 Å². The number of rotatable bonds is 3. The van der Waals surface area contributed by atoms with E-state index in [1.54, 1.807) is 31.2 Å². The second-order valence-electron chi connectivity index (χ2n) is 5.94. The highest BCUT2D eigenvalue weighted by atomic mass is 32.1. The minimum absolute atomic E-state index is 0.145. The molecular weight excluding hydrogens is 386 g/mol. The van der Waals surface area contributed by atoms with Gasteiger partial charge in [0.2, 0.25) is 5.13 Å². The molecule has 0 aliphatic heterocycles. The first-order valence-corrected chi connectivity index (χ1v) is 8.97. The van der Waals surface area contributed by atoms with Crippen molar-refractivity contribution in [3.8, 4) is 5.69 Å². The molecule has 28 heavy (non-hydrogen) atoms. The monoisotopic (exact) mass is 398 g/mol. The van der Waals surface area contributed by atoms with Crippen LogP contribution in [0.4, 0.5) is 13.9 Å². The van der Waals surface area contributed by atoms with E-state index < -0.39 is 23.1 Å². The molecule has 0 fully saturated rings. The number of aromatic nitrogens is 3. The van der Waals surface area contributed by atoms with Crippen LogP contribution in [0.25, 0.3) is 16.5 Å². The summed E-state index contributed by atoms with van der Waals surface area (Å²) < 4.78 is 28.5. The summed E-state index contributed by atoms with van der Waals surface area (Å²) in [7, 11) is 0. The topological polar surface area (TPSA) is 76.9 Å². The molecule has 0 atom stereocenters. The molecule has 2 heterocycles. The van der Waals surface area contributed by atoms with Gasteiger partial charge in [-0.15, -0.1) is 10.2 Å². The van der Waals surface area contributed by atoms with E-state index in [0.29, 0.717) is 21.6 Å². The van der Waals surface area contributed by atoms with E-state index in [-0.39, 0.29) is 16.6 Å². The van der Waals surface area contributed by atoms with Gasteiger partial charge in [0.05, 0.1) is 11.3 Å². The van der Waals surface area contributed by atoms with Crippen molar-refractivity contribution in [3.05, 3.63) is 81.2 Å². The molecule has 0 saturated heterocycles. The molecule has 4 aromatic rings. The van der Waals surface area contributed by atoms with E-state index in [1.165, 1.54) is 17.5 Å². The number of carbonyl (C=O) groups is 1. The second-order valence-corrected chi connectivity index (χ2v) is 7.12. The van der Waals surface area contributed by atoms with Crippen molar-refractivity contribution >= 4 is 33.1 Å². The normalized spacial score (nSPS) is 11.0.